The van der Waals surface area contributed by atoms with Crippen molar-refractivity contribution < 1.29 is 19.1 Å². The molecular formula is C15H22O4. The molecule has 0 amide bonds. The Hall–Kier alpha value is -1.13. The van der Waals surface area contributed by atoms with Gasteiger partial charge in [0.05, 0.1) is 24.2 Å². The second-order valence-corrected chi connectivity index (χ2v) is 5.86. The number of aliphatic hydroxyl groups is 1. The molecule has 1 aromatic heterocycles. The lowest BCUT2D eigenvalue weighted by Gasteiger charge is -2.24. The molecule has 1 aliphatic rings. The van der Waals surface area contributed by atoms with E-state index in [4.69, 9.17) is 14.3 Å². The van der Waals surface area contributed by atoms with E-state index < -0.39 is 0 Å². The van der Waals surface area contributed by atoms with Crippen LogP contribution in [0.3, 0.4) is 0 Å². The first-order chi connectivity index (χ1) is 9.02. The zero-order chi connectivity index (χ0) is 13.9. The molecule has 0 radical (unpaired) electrons. The molecule has 0 bridgehead atoms. The van der Waals surface area contributed by atoms with E-state index >= 15 is 0 Å². The van der Waals surface area contributed by atoms with Crippen LogP contribution < -0.4 is 0 Å². The molecule has 106 valence electrons. The average Bonchev–Trinajstić information content (AvgIpc) is 2.97. The minimum Gasteiger partial charge on any atom is -0.472 e. The Morgan fingerprint density at radius 3 is 3.05 bits per heavy atom. The minimum atomic E-state index is -0.381. The van der Waals surface area contributed by atoms with Gasteiger partial charge in [0.25, 0.3) is 0 Å². The summed E-state index contributed by atoms with van der Waals surface area (Å²) in [6.07, 6.45) is 6.01. The summed E-state index contributed by atoms with van der Waals surface area (Å²) in [6, 6.07) is 1.91. The Balaban J connectivity index is 1.89. The van der Waals surface area contributed by atoms with Gasteiger partial charge < -0.3 is 14.3 Å². The van der Waals surface area contributed by atoms with Crippen molar-refractivity contribution >= 4 is 5.78 Å². The van der Waals surface area contributed by atoms with E-state index in [1.165, 1.54) is 0 Å². The molecule has 0 saturated carbocycles. The summed E-state index contributed by atoms with van der Waals surface area (Å²) in [7, 11) is 0. The van der Waals surface area contributed by atoms with Crippen LogP contribution in [0.1, 0.15) is 51.2 Å². The Bertz CT molecular complexity index is 412. The molecule has 1 aliphatic heterocycles. The van der Waals surface area contributed by atoms with E-state index in [0.29, 0.717) is 12.8 Å². The molecule has 0 aliphatic carbocycles. The first kappa shape index (κ1) is 14.3. The van der Waals surface area contributed by atoms with Gasteiger partial charge in [0, 0.05) is 25.0 Å². The van der Waals surface area contributed by atoms with Crippen molar-refractivity contribution in [3.63, 3.8) is 0 Å². The van der Waals surface area contributed by atoms with Crippen LogP contribution >= 0.6 is 0 Å². The van der Waals surface area contributed by atoms with Gasteiger partial charge in [0.1, 0.15) is 5.78 Å². The van der Waals surface area contributed by atoms with Gasteiger partial charge in [-0.1, -0.05) is 6.92 Å². The number of rotatable bonds is 6. The van der Waals surface area contributed by atoms with Gasteiger partial charge in [-0.25, -0.2) is 0 Å². The molecule has 0 unspecified atom stereocenters. The zero-order valence-corrected chi connectivity index (χ0v) is 11.6. The fourth-order valence-corrected chi connectivity index (χ4v) is 2.66. The predicted octanol–water partition coefficient (Wildman–Crippen LogP) is 2.87. The van der Waals surface area contributed by atoms with Crippen molar-refractivity contribution in [3.8, 4) is 0 Å². The molecular weight excluding hydrogens is 244 g/mol. The number of ether oxygens (including phenoxy) is 1. The largest absolute Gasteiger partial charge is 0.472 e. The maximum atomic E-state index is 12.0. The standard InChI is InChI=1S/C15H22O4/c1-11(9-16)7-13(17)8-15(2)5-3-14(19-15)12-4-6-18-10-12/h4,6,10-11,14,16H,3,5,7-9H2,1-2H3/t11-,14-,15-/m0/s1. The summed E-state index contributed by atoms with van der Waals surface area (Å²) in [5, 5.41) is 8.98. The minimum absolute atomic E-state index is 0.0298. The maximum absolute atomic E-state index is 12.0. The second-order valence-electron chi connectivity index (χ2n) is 5.86. The highest BCUT2D eigenvalue weighted by Gasteiger charge is 2.38. The molecule has 2 heterocycles. The highest BCUT2D eigenvalue weighted by molar-refractivity contribution is 5.79. The summed E-state index contributed by atoms with van der Waals surface area (Å²) >= 11 is 0. The highest BCUT2D eigenvalue weighted by Crippen LogP contribution is 2.41. The molecule has 0 spiro atoms. The molecule has 1 N–H and O–H groups in total. The first-order valence-corrected chi connectivity index (χ1v) is 6.85. The van der Waals surface area contributed by atoms with Crippen molar-refractivity contribution in [2.75, 3.05) is 6.61 Å². The predicted molar refractivity (Wildman–Crippen MR) is 70.7 cm³/mol. The Labute approximate surface area is 113 Å². The number of furan rings is 1. The quantitative estimate of drug-likeness (QED) is 0.860. The molecule has 19 heavy (non-hydrogen) atoms. The van der Waals surface area contributed by atoms with Gasteiger partial charge in [0.15, 0.2) is 0 Å². The summed E-state index contributed by atoms with van der Waals surface area (Å²) in [5.74, 6) is 0.194. The Morgan fingerprint density at radius 2 is 2.42 bits per heavy atom. The van der Waals surface area contributed by atoms with E-state index in [-0.39, 0.29) is 30.0 Å². The molecule has 3 atom stereocenters. The third kappa shape index (κ3) is 3.67. The molecule has 1 aromatic rings. The van der Waals surface area contributed by atoms with E-state index in [2.05, 4.69) is 0 Å². The van der Waals surface area contributed by atoms with Crippen LogP contribution in [0.4, 0.5) is 0 Å². The SMILES string of the molecule is C[C@H](CO)CC(=O)C[C@]1(C)CC[C@@H](c2ccoc2)O1. The fourth-order valence-electron chi connectivity index (χ4n) is 2.66. The number of hydrogen-bond acceptors (Lipinski definition) is 4. The van der Waals surface area contributed by atoms with Crippen LogP contribution in [-0.4, -0.2) is 23.1 Å². The lowest BCUT2D eigenvalue weighted by Crippen LogP contribution is -2.28. The van der Waals surface area contributed by atoms with Gasteiger partial charge in [-0.2, -0.15) is 0 Å². The van der Waals surface area contributed by atoms with Crippen molar-refractivity contribution in [3.05, 3.63) is 24.2 Å². The third-order valence-corrected chi connectivity index (χ3v) is 3.74. The van der Waals surface area contributed by atoms with Gasteiger partial charge in [-0.15, -0.1) is 0 Å². The zero-order valence-electron chi connectivity index (χ0n) is 11.6. The molecule has 4 heteroatoms. The first-order valence-electron chi connectivity index (χ1n) is 6.85. The lowest BCUT2D eigenvalue weighted by molar-refractivity contribution is -0.126. The van der Waals surface area contributed by atoms with Gasteiger partial charge in [-0.05, 0) is 31.7 Å². The molecule has 1 saturated heterocycles. The van der Waals surface area contributed by atoms with Crippen molar-refractivity contribution in [2.45, 2.75) is 51.2 Å². The molecule has 0 aromatic carbocycles. The summed E-state index contributed by atoms with van der Waals surface area (Å²) in [5.41, 5.74) is 0.661. The van der Waals surface area contributed by atoms with Gasteiger partial charge >= 0.3 is 0 Å². The van der Waals surface area contributed by atoms with Gasteiger partial charge in [-0.3, -0.25) is 4.79 Å². The highest BCUT2D eigenvalue weighted by atomic mass is 16.5. The third-order valence-electron chi connectivity index (χ3n) is 3.74. The van der Waals surface area contributed by atoms with E-state index in [1.807, 2.05) is 19.9 Å². The average molecular weight is 266 g/mol. The number of carbonyl (C=O) groups excluding carboxylic acids is 1. The molecule has 2 rings (SSSR count). The van der Waals surface area contributed by atoms with Gasteiger partial charge in [0.2, 0.25) is 0 Å². The topological polar surface area (TPSA) is 59.7 Å². The normalized spacial score (nSPS) is 28.5. The second kappa shape index (κ2) is 5.88. The van der Waals surface area contributed by atoms with Crippen LogP contribution in [0.15, 0.2) is 23.0 Å². The number of carbonyl (C=O) groups is 1. The smallest absolute Gasteiger partial charge is 0.136 e. The van der Waals surface area contributed by atoms with Crippen LogP contribution in [0.5, 0.6) is 0 Å². The van der Waals surface area contributed by atoms with E-state index in [1.54, 1.807) is 12.5 Å². The number of aliphatic hydroxyl groups excluding tert-OH is 1. The monoisotopic (exact) mass is 266 g/mol. The molecule has 4 nitrogen and oxygen atoms in total. The van der Waals surface area contributed by atoms with E-state index in [0.717, 1.165) is 18.4 Å². The van der Waals surface area contributed by atoms with Crippen molar-refractivity contribution in [2.24, 2.45) is 5.92 Å². The van der Waals surface area contributed by atoms with Crippen LogP contribution in [0.2, 0.25) is 0 Å². The summed E-state index contributed by atoms with van der Waals surface area (Å²) in [4.78, 5) is 12.0. The van der Waals surface area contributed by atoms with Crippen LogP contribution in [0.25, 0.3) is 0 Å². The van der Waals surface area contributed by atoms with E-state index in [9.17, 15) is 4.79 Å². The number of ketones is 1. The Morgan fingerprint density at radius 1 is 1.63 bits per heavy atom. The van der Waals surface area contributed by atoms with Crippen molar-refractivity contribution in [1.82, 2.24) is 0 Å². The Kier molecular flexibility index (Phi) is 4.42. The molecule has 1 fully saturated rings. The lowest BCUT2D eigenvalue weighted by atomic mass is 9.92. The summed E-state index contributed by atoms with van der Waals surface area (Å²) < 4.78 is 11.1. The number of Topliss-reactive ketones (excluding diaryl/α,β-unsaturated/α-hetero) is 1. The van der Waals surface area contributed by atoms with Crippen LogP contribution in [0, 0.1) is 5.92 Å². The fraction of sp³-hybridized carbons (Fsp3) is 0.667. The van der Waals surface area contributed by atoms with Crippen LogP contribution in [-0.2, 0) is 9.53 Å². The number of hydrogen-bond donors (Lipinski definition) is 1. The maximum Gasteiger partial charge on any atom is 0.136 e. The van der Waals surface area contributed by atoms with Crippen molar-refractivity contribution in [1.29, 1.82) is 0 Å². The summed E-state index contributed by atoms with van der Waals surface area (Å²) in [6.45, 7) is 3.93.